The summed E-state index contributed by atoms with van der Waals surface area (Å²) in [5, 5.41) is 0. The van der Waals surface area contributed by atoms with Crippen LogP contribution in [0.15, 0.2) is 53.3 Å². The second kappa shape index (κ2) is 5.58. The van der Waals surface area contributed by atoms with Crippen LogP contribution in [0, 0.1) is 0 Å². The number of nitrogens with one attached hydrogen (secondary N) is 2. The van der Waals surface area contributed by atoms with Gasteiger partial charge in [-0.1, -0.05) is 43.3 Å². The molecule has 2 aromatic carbocycles. The van der Waals surface area contributed by atoms with Crippen LogP contribution in [0.1, 0.15) is 36.4 Å². The molecule has 3 rings (SSSR count). The highest BCUT2D eigenvalue weighted by Crippen LogP contribution is 2.32. The average molecular weight is 281 g/mol. The van der Waals surface area contributed by atoms with Crippen molar-refractivity contribution in [2.24, 2.45) is 5.73 Å². The Hall–Kier alpha value is -2.33. The number of aromatic nitrogens is 2. The molecule has 0 aliphatic rings. The van der Waals surface area contributed by atoms with Gasteiger partial charge in [0, 0.05) is 12.0 Å². The van der Waals surface area contributed by atoms with Gasteiger partial charge in [-0.2, -0.15) is 0 Å². The maximum Gasteiger partial charge on any atom is 0.323 e. The highest BCUT2D eigenvalue weighted by molar-refractivity contribution is 5.75. The molecule has 0 radical (unpaired) electrons. The number of imidazole rings is 1. The van der Waals surface area contributed by atoms with Crippen LogP contribution in [0.5, 0.6) is 0 Å². The Morgan fingerprint density at radius 3 is 2.43 bits per heavy atom. The minimum Gasteiger partial charge on any atom is -0.323 e. The van der Waals surface area contributed by atoms with Crippen LogP contribution in [0.25, 0.3) is 11.0 Å². The first kappa shape index (κ1) is 13.6. The molecule has 0 aliphatic heterocycles. The number of H-pyrrole nitrogens is 2. The van der Waals surface area contributed by atoms with E-state index >= 15 is 0 Å². The molecule has 4 heteroatoms. The second-order valence-electron chi connectivity index (χ2n) is 5.34. The third kappa shape index (κ3) is 2.62. The lowest BCUT2D eigenvalue weighted by Crippen LogP contribution is -2.19. The van der Waals surface area contributed by atoms with E-state index in [9.17, 15) is 4.79 Å². The Labute approximate surface area is 123 Å². The van der Waals surface area contributed by atoms with Crippen molar-refractivity contribution in [3.8, 4) is 0 Å². The fourth-order valence-electron chi connectivity index (χ4n) is 2.89. The third-order valence-electron chi connectivity index (χ3n) is 4.03. The largest absolute Gasteiger partial charge is 0.323 e. The molecule has 0 saturated carbocycles. The molecule has 0 amide bonds. The summed E-state index contributed by atoms with van der Waals surface area (Å²) in [6.07, 6.45) is 0.965. The summed E-state index contributed by atoms with van der Waals surface area (Å²) in [6.45, 7) is 2.15. The number of hydrogen-bond acceptors (Lipinski definition) is 2. The minimum atomic E-state index is -0.189. The van der Waals surface area contributed by atoms with Gasteiger partial charge >= 0.3 is 5.69 Å². The molecule has 2 unspecified atom stereocenters. The van der Waals surface area contributed by atoms with Crippen LogP contribution >= 0.6 is 0 Å². The summed E-state index contributed by atoms with van der Waals surface area (Å²) >= 11 is 0. The molecular weight excluding hydrogens is 262 g/mol. The molecule has 0 aliphatic carbocycles. The second-order valence-corrected chi connectivity index (χ2v) is 5.34. The Kier molecular flexibility index (Phi) is 3.62. The van der Waals surface area contributed by atoms with Gasteiger partial charge in [-0.25, -0.2) is 4.79 Å². The normalized spacial score (nSPS) is 14.2. The number of nitrogens with two attached hydrogens (primary N) is 1. The predicted octanol–water partition coefficient (Wildman–Crippen LogP) is 3.05. The Balaban J connectivity index is 1.97. The molecule has 108 valence electrons. The van der Waals surface area contributed by atoms with Crippen molar-refractivity contribution >= 4 is 11.0 Å². The van der Waals surface area contributed by atoms with E-state index in [2.05, 4.69) is 29.0 Å². The maximum absolute atomic E-state index is 11.3. The zero-order valence-electron chi connectivity index (χ0n) is 12.0. The number of aromatic amines is 2. The summed E-state index contributed by atoms with van der Waals surface area (Å²) in [4.78, 5) is 16.9. The molecule has 3 aromatic rings. The van der Waals surface area contributed by atoms with Crippen LogP contribution in [-0.4, -0.2) is 9.97 Å². The van der Waals surface area contributed by atoms with E-state index in [0.29, 0.717) is 0 Å². The molecule has 0 spiro atoms. The monoisotopic (exact) mass is 281 g/mol. The summed E-state index contributed by atoms with van der Waals surface area (Å²) < 4.78 is 0. The van der Waals surface area contributed by atoms with Gasteiger partial charge in [0.1, 0.15) is 0 Å². The molecule has 0 bridgehead atoms. The highest BCUT2D eigenvalue weighted by Gasteiger charge is 2.20. The quantitative estimate of drug-likeness (QED) is 0.687. The number of hydrogen-bond donors (Lipinski definition) is 3. The lowest BCUT2D eigenvalue weighted by atomic mass is 9.85. The van der Waals surface area contributed by atoms with Gasteiger partial charge in [0.15, 0.2) is 0 Å². The summed E-state index contributed by atoms with van der Waals surface area (Å²) in [6, 6.07) is 16.1. The fraction of sp³-hybridized carbons (Fsp3) is 0.235. The van der Waals surface area contributed by atoms with Crippen molar-refractivity contribution in [1.82, 2.24) is 9.97 Å². The first-order valence-corrected chi connectivity index (χ1v) is 7.21. The fourth-order valence-corrected chi connectivity index (χ4v) is 2.89. The molecule has 1 aromatic heterocycles. The van der Waals surface area contributed by atoms with E-state index in [1.807, 2.05) is 36.4 Å². The lowest BCUT2D eigenvalue weighted by Gasteiger charge is -2.23. The Morgan fingerprint density at radius 2 is 1.71 bits per heavy atom. The Bertz CT molecular complexity index is 788. The van der Waals surface area contributed by atoms with E-state index < -0.39 is 0 Å². The topological polar surface area (TPSA) is 74.7 Å². The molecule has 0 fully saturated rings. The highest BCUT2D eigenvalue weighted by atomic mass is 16.1. The number of rotatable bonds is 4. The minimum absolute atomic E-state index is 0.0970. The van der Waals surface area contributed by atoms with Crippen LogP contribution in [0.4, 0.5) is 0 Å². The molecule has 4 N–H and O–H groups in total. The van der Waals surface area contributed by atoms with E-state index in [0.717, 1.165) is 23.0 Å². The molecular formula is C17H19N3O. The summed E-state index contributed by atoms with van der Waals surface area (Å²) in [5.41, 5.74) is 10.2. The smallest absolute Gasteiger partial charge is 0.323 e. The van der Waals surface area contributed by atoms with Crippen molar-refractivity contribution in [3.05, 3.63) is 70.1 Å². The van der Waals surface area contributed by atoms with Gasteiger partial charge in [0.25, 0.3) is 0 Å². The SMILES string of the molecule is CCC(c1ccccc1)C(N)c1ccc2[nH]c(=O)[nH]c2c1. The van der Waals surface area contributed by atoms with E-state index in [-0.39, 0.29) is 17.6 Å². The maximum atomic E-state index is 11.3. The van der Waals surface area contributed by atoms with Crippen molar-refractivity contribution in [2.45, 2.75) is 25.3 Å². The van der Waals surface area contributed by atoms with E-state index in [1.165, 1.54) is 5.56 Å². The summed E-state index contributed by atoms with van der Waals surface area (Å²) in [5.74, 6) is 0.259. The third-order valence-corrected chi connectivity index (χ3v) is 4.03. The van der Waals surface area contributed by atoms with Crippen LogP contribution in [0.3, 0.4) is 0 Å². The first-order chi connectivity index (χ1) is 10.2. The van der Waals surface area contributed by atoms with Gasteiger partial charge in [-0.3, -0.25) is 0 Å². The molecule has 0 saturated heterocycles. The van der Waals surface area contributed by atoms with Gasteiger partial charge in [-0.15, -0.1) is 0 Å². The van der Waals surface area contributed by atoms with Crippen molar-refractivity contribution < 1.29 is 0 Å². The van der Waals surface area contributed by atoms with Crippen molar-refractivity contribution in [3.63, 3.8) is 0 Å². The van der Waals surface area contributed by atoms with Crippen LogP contribution in [0.2, 0.25) is 0 Å². The molecule has 1 heterocycles. The first-order valence-electron chi connectivity index (χ1n) is 7.21. The van der Waals surface area contributed by atoms with Crippen molar-refractivity contribution in [2.75, 3.05) is 0 Å². The number of fused-ring (bicyclic) bond motifs is 1. The molecule has 4 nitrogen and oxygen atoms in total. The Morgan fingerprint density at radius 1 is 1.00 bits per heavy atom. The lowest BCUT2D eigenvalue weighted by molar-refractivity contribution is 0.539. The zero-order chi connectivity index (χ0) is 14.8. The molecule has 21 heavy (non-hydrogen) atoms. The van der Waals surface area contributed by atoms with Crippen LogP contribution < -0.4 is 11.4 Å². The summed E-state index contributed by atoms with van der Waals surface area (Å²) in [7, 11) is 0. The van der Waals surface area contributed by atoms with E-state index in [4.69, 9.17) is 5.73 Å². The molecule has 2 atom stereocenters. The number of benzene rings is 2. The van der Waals surface area contributed by atoms with Gasteiger partial charge in [-0.05, 0) is 29.7 Å². The van der Waals surface area contributed by atoms with Gasteiger partial charge in [0.05, 0.1) is 11.0 Å². The van der Waals surface area contributed by atoms with Crippen LogP contribution in [-0.2, 0) is 0 Å². The van der Waals surface area contributed by atoms with Gasteiger partial charge in [0.2, 0.25) is 0 Å². The van der Waals surface area contributed by atoms with Gasteiger partial charge < -0.3 is 15.7 Å². The van der Waals surface area contributed by atoms with Crippen molar-refractivity contribution in [1.29, 1.82) is 0 Å². The predicted molar refractivity (Wildman–Crippen MR) is 85.3 cm³/mol. The standard InChI is InChI=1S/C17H19N3O/c1-2-13(11-6-4-3-5-7-11)16(18)12-8-9-14-15(10-12)20-17(21)19-14/h3-10,13,16H,2,18H2,1H3,(H2,19,20,21). The van der Waals surface area contributed by atoms with E-state index in [1.54, 1.807) is 0 Å². The average Bonchev–Trinajstić information content (AvgIpc) is 2.88. The zero-order valence-corrected chi connectivity index (χ0v) is 12.0.